The standard InChI is InChI=1S/C34H22N4/c1-3-7-28-21-30(15-11-23(28)5-1)33-36-32(27-13-9-25(10-14-27)26-17-19-35-20-18-26)37-34(38-33)31-16-12-24-6-2-4-8-29(24)22-31/h1-22H. The molecule has 4 heteroatoms. The summed E-state index contributed by atoms with van der Waals surface area (Å²) < 4.78 is 0. The number of pyridine rings is 1. The van der Waals surface area contributed by atoms with Crippen molar-refractivity contribution in [3.8, 4) is 45.3 Å². The van der Waals surface area contributed by atoms with Gasteiger partial charge in [-0.2, -0.15) is 0 Å². The average Bonchev–Trinajstić information content (AvgIpc) is 3.01. The molecule has 0 saturated carbocycles. The fraction of sp³-hybridized carbons (Fsp3) is 0. The number of fused-ring (bicyclic) bond motifs is 2. The van der Waals surface area contributed by atoms with Crippen LogP contribution in [0.5, 0.6) is 0 Å². The molecule has 0 aliphatic carbocycles. The van der Waals surface area contributed by atoms with Crippen molar-refractivity contribution >= 4 is 21.5 Å². The van der Waals surface area contributed by atoms with Gasteiger partial charge in [0.1, 0.15) is 0 Å². The van der Waals surface area contributed by atoms with Crippen molar-refractivity contribution in [3.05, 3.63) is 134 Å². The Balaban J connectivity index is 1.38. The molecule has 178 valence electrons. The van der Waals surface area contributed by atoms with E-state index in [2.05, 4.69) is 114 Å². The van der Waals surface area contributed by atoms with Gasteiger partial charge in [-0.1, -0.05) is 97.1 Å². The van der Waals surface area contributed by atoms with Crippen LogP contribution in [-0.4, -0.2) is 19.9 Å². The van der Waals surface area contributed by atoms with Crippen molar-refractivity contribution in [3.63, 3.8) is 0 Å². The van der Waals surface area contributed by atoms with E-state index in [-0.39, 0.29) is 0 Å². The van der Waals surface area contributed by atoms with Gasteiger partial charge in [0.25, 0.3) is 0 Å². The maximum atomic E-state index is 4.95. The van der Waals surface area contributed by atoms with E-state index in [4.69, 9.17) is 15.0 Å². The minimum Gasteiger partial charge on any atom is -0.265 e. The molecule has 0 bridgehead atoms. The molecule has 4 nitrogen and oxygen atoms in total. The molecular formula is C34H22N4. The molecule has 0 atom stereocenters. The Labute approximate surface area is 220 Å². The average molecular weight is 487 g/mol. The Morgan fingerprint density at radius 1 is 0.316 bits per heavy atom. The molecule has 2 heterocycles. The number of hydrogen-bond acceptors (Lipinski definition) is 4. The van der Waals surface area contributed by atoms with Crippen LogP contribution in [0, 0.1) is 0 Å². The van der Waals surface area contributed by atoms with E-state index in [1.165, 1.54) is 10.8 Å². The molecule has 0 unspecified atom stereocenters. The van der Waals surface area contributed by atoms with Crippen LogP contribution >= 0.6 is 0 Å². The van der Waals surface area contributed by atoms with Crippen LogP contribution in [0.3, 0.4) is 0 Å². The molecule has 0 fully saturated rings. The van der Waals surface area contributed by atoms with E-state index in [9.17, 15) is 0 Å². The van der Waals surface area contributed by atoms with Crippen LogP contribution in [-0.2, 0) is 0 Å². The van der Waals surface area contributed by atoms with Crippen molar-refractivity contribution in [2.45, 2.75) is 0 Å². The molecule has 0 amide bonds. The zero-order chi connectivity index (χ0) is 25.3. The van der Waals surface area contributed by atoms with Gasteiger partial charge in [-0.15, -0.1) is 0 Å². The maximum absolute atomic E-state index is 4.95. The summed E-state index contributed by atoms with van der Waals surface area (Å²) in [6.07, 6.45) is 3.61. The molecule has 0 radical (unpaired) electrons. The quantitative estimate of drug-likeness (QED) is 0.251. The third-order valence-electron chi connectivity index (χ3n) is 6.81. The molecule has 0 aliphatic heterocycles. The number of nitrogens with zero attached hydrogens (tertiary/aromatic N) is 4. The van der Waals surface area contributed by atoms with E-state index in [0.29, 0.717) is 17.5 Å². The molecule has 0 N–H and O–H groups in total. The van der Waals surface area contributed by atoms with E-state index >= 15 is 0 Å². The Morgan fingerprint density at radius 2 is 0.711 bits per heavy atom. The second kappa shape index (κ2) is 9.34. The van der Waals surface area contributed by atoms with Crippen LogP contribution in [0.4, 0.5) is 0 Å². The molecule has 7 aromatic rings. The first kappa shape index (κ1) is 22.0. The molecule has 0 aliphatic rings. The van der Waals surface area contributed by atoms with Crippen LogP contribution in [0.1, 0.15) is 0 Å². The van der Waals surface area contributed by atoms with Crippen molar-refractivity contribution in [1.29, 1.82) is 0 Å². The summed E-state index contributed by atoms with van der Waals surface area (Å²) in [6, 6.07) is 41.7. The highest BCUT2D eigenvalue weighted by molar-refractivity contribution is 5.88. The van der Waals surface area contributed by atoms with Gasteiger partial charge in [0.2, 0.25) is 0 Å². The molecule has 0 spiro atoms. The lowest BCUT2D eigenvalue weighted by Gasteiger charge is -2.10. The Hall–Kier alpha value is -5.22. The molecule has 5 aromatic carbocycles. The van der Waals surface area contributed by atoms with E-state index < -0.39 is 0 Å². The zero-order valence-electron chi connectivity index (χ0n) is 20.5. The van der Waals surface area contributed by atoms with Crippen LogP contribution < -0.4 is 0 Å². The highest BCUT2D eigenvalue weighted by atomic mass is 15.0. The largest absolute Gasteiger partial charge is 0.265 e. The normalized spacial score (nSPS) is 11.2. The smallest absolute Gasteiger partial charge is 0.164 e. The lowest BCUT2D eigenvalue weighted by atomic mass is 10.0. The van der Waals surface area contributed by atoms with Gasteiger partial charge in [-0.3, -0.25) is 4.98 Å². The molecule has 2 aromatic heterocycles. The minimum absolute atomic E-state index is 0.646. The lowest BCUT2D eigenvalue weighted by molar-refractivity contribution is 1.08. The summed E-state index contributed by atoms with van der Waals surface area (Å²) in [5.41, 5.74) is 5.10. The van der Waals surface area contributed by atoms with E-state index in [0.717, 1.165) is 38.6 Å². The monoisotopic (exact) mass is 486 g/mol. The summed E-state index contributed by atoms with van der Waals surface area (Å²) in [6.45, 7) is 0. The van der Waals surface area contributed by atoms with Crippen molar-refractivity contribution in [2.75, 3.05) is 0 Å². The van der Waals surface area contributed by atoms with Gasteiger partial charge in [-0.25, -0.2) is 15.0 Å². The third kappa shape index (κ3) is 4.18. The van der Waals surface area contributed by atoms with Crippen LogP contribution in [0.2, 0.25) is 0 Å². The number of hydrogen-bond donors (Lipinski definition) is 0. The second-order valence-corrected chi connectivity index (χ2v) is 9.24. The van der Waals surface area contributed by atoms with E-state index in [1.54, 1.807) is 12.4 Å². The highest BCUT2D eigenvalue weighted by Gasteiger charge is 2.13. The minimum atomic E-state index is 0.646. The fourth-order valence-electron chi connectivity index (χ4n) is 4.78. The van der Waals surface area contributed by atoms with Gasteiger partial charge in [-0.05, 0) is 56.9 Å². The summed E-state index contributed by atoms with van der Waals surface area (Å²) in [5.74, 6) is 1.96. The topological polar surface area (TPSA) is 51.6 Å². The third-order valence-corrected chi connectivity index (χ3v) is 6.81. The molecular weight excluding hydrogens is 464 g/mol. The van der Waals surface area contributed by atoms with Crippen molar-refractivity contribution in [2.24, 2.45) is 0 Å². The Morgan fingerprint density at radius 3 is 1.24 bits per heavy atom. The summed E-state index contributed by atoms with van der Waals surface area (Å²) in [4.78, 5) is 19.0. The van der Waals surface area contributed by atoms with Crippen molar-refractivity contribution in [1.82, 2.24) is 19.9 Å². The molecule has 0 saturated heterocycles. The summed E-state index contributed by atoms with van der Waals surface area (Å²) in [7, 11) is 0. The summed E-state index contributed by atoms with van der Waals surface area (Å²) >= 11 is 0. The molecule has 38 heavy (non-hydrogen) atoms. The first-order chi connectivity index (χ1) is 18.8. The van der Waals surface area contributed by atoms with Crippen molar-refractivity contribution < 1.29 is 0 Å². The van der Waals surface area contributed by atoms with Gasteiger partial charge in [0.05, 0.1) is 0 Å². The predicted octanol–water partition coefficient (Wildman–Crippen LogP) is 8.24. The number of aromatic nitrogens is 4. The van der Waals surface area contributed by atoms with Crippen LogP contribution in [0.25, 0.3) is 66.8 Å². The lowest BCUT2D eigenvalue weighted by Crippen LogP contribution is -2.00. The Bertz CT molecular complexity index is 1810. The zero-order valence-corrected chi connectivity index (χ0v) is 20.5. The molecule has 7 rings (SSSR count). The predicted molar refractivity (Wildman–Crippen MR) is 154 cm³/mol. The number of rotatable bonds is 4. The SMILES string of the molecule is c1ccc2cc(-c3nc(-c4ccc(-c5ccncc5)cc4)nc(-c4ccc5ccccc5c4)n3)ccc2c1. The first-order valence-corrected chi connectivity index (χ1v) is 12.6. The second-order valence-electron chi connectivity index (χ2n) is 9.24. The van der Waals surface area contributed by atoms with Crippen LogP contribution in [0.15, 0.2) is 134 Å². The van der Waals surface area contributed by atoms with Gasteiger partial charge >= 0.3 is 0 Å². The maximum Gasteiger partial charge on any atom is 0.164 e. The van der Waals surface area contributed by atoms with E-state index in [1.807, 2.05) is 12.1 Å². The van der Waals surface area contributed by atoms with Gasteiger partial charge < -0.3 is 0 Å². The highest BCUT2D eigenvalue weighted by Crippen LogP contribution is 2.29. The first-order valence-electron chi connectivity index (χ1n) is 12.6. The summed E-state index contributed by atoms with van der Waals surface area (Å²) in [5, 5.41) is 4.68. The Kier molecular flexibility index (Phi) is 5.41. The fourth-order valence-corrected chi connectivity index (χ4v) is 4.78. The number of benzene rings is 5. The van der Waals surface area contributed by atoms with Gasteiger partial charge in [0.15, 0.2) is 17.5 Å². The van der Waals surface area contributed by atoms with Gasteiger partial charge in [0, 0.05) is 29.1 Å².